The smallest absolute Gasteiger partial charge is 0.290 e. The average Bonchev–Trinajstić information content (AvgIpc) is 3.42. The van der Waals surface area contributed by atoms with Crippen LogP contribution in [0.2, 0.25) is 0 Å². The summed E-state index contributed by atoms with van der Waals surface area (Å²) in [7, 11) is 1.98. The maximum Gasteiger partial charge on any atom is 0.290 e. The van der Waals surface area contributed by atoms with E-state index in [2.05, 4.69) is 37.0 Å². The predicted octanol–water partition coefficient (Wildman–Crippen LogP) is 5.76. The summed E-state index contributed by atoms with van der Waals surface area (Å²) in [5, 5.41) is 0. The van der Waals surface area contributed by atoms with Crippen molar-refractivity contribution in [2.45, 2.75) is 37.6 Å². The Bertz CT molecular complexity index is 1180. The molecule has 4 aromatic rings. The lowest BCUT2D eigenvalue weighted by Crippen LogP contribution is -2.30. The van der Waals surface area contributed by atoms with Crippen molar-refractivity contribution in [3.63, 3.8) is 0 Å². The Kier molecular flexibility index (Phi) is 6.81. The van der Waals surface area contributed by atoms with Gasteiger partial charge in [0.15, 0.2) is 5.76 Å². The van der Waals surface area contributed by atoms with Gasteiger partial charge in [-0.1, -0.05) is 24.3 Å². The maximum atomic E-state index is 13.4. The first-order valence-electron chi connectivity index (χ1n) is 10.6. The third-order valence-electron chi connectivity index (χ3n) is 5.43. The van der Waals surface area contributed by atoms with Gasteiger partial charge in [0.2, 0.25) is 0 Å². The monoisotopic (exact) mass is 445 g/mol. The highest BCUT2D eigenvalue weighted by molar-refractivity contribution is 7.98. The summed E-state index contributed by atoms with van der Waals surface area (Å²) < 4.78 is 8.01. The van der Waals surface area contributed by atoms with Gasteiger partial charge in [0.05, 0.1) is 12.3 Å². The molecule has 32 heavy (non-hydrogen) atoms. The van der Waals surface area contributed by atoms with Crippen molar-refractivity contribution in [3.8, 4) is 0 Å². The van der Waals surface area contributed by atoms with E-state index in [1.807, 2.05) is 48.1 Å². The highest BCUT2D eigenvalue weighted by Gasteiger charge is 2.21. The van der Waals surface area contributed by atoms with Crippen LogP contribution >= 0.6 is 11.8 Å². The minimum atomic E-state index is -0.127. The molecule has 0 saturated carbocycles. The number of carbonyl (C=O) groups is 1. The number of hydrogen-bond acceptors (Lipinski definition) is 4. The van der Waals surface area contributed by atoms with Gasteiger partial charge in [-0.25, -0.2) is 0 Å². The van der Waals surface area contributed by atoms with E-state index in [4.69, 9.17) is 4.42 Å². The molecule has 0 radical (unpaired) electrons. The van der Waals surface area contributed by atoms with E-state index in [1.165, 1.54) is 16.0 Å². The number of aromatic nitrogens is 2. The first kappa shape index (κ1) is 22.0. The standard InChI is InChI=1S/C26H27N3O2S/c1-19-7-4-8-20(2)25(19)32-18-23-11-12-24(31-23)26(30)29(16-21-9-5-13-27-15-21)17-22-10-6-14-28(22)3/h4-15H,16-18H2,1-3H3. The molecule has 0 aliphatic carbocycles. The molecule has 0 unspecified atom stereocenters. The second kappa shape index (κ2) is 9.92. The van der Waals surface area contributed by atoms with Crippen LogP contribution in [0.25, 0.3) is 0 Å². The fourth-order valence-corrected chi connectivity index (χ4v) is 4.70. The lowest BCUT2D eigenvalue weighted by atomic mass is 10.2. The third-order valence-corrected chi connectivity index (χ3v) is 6.79. The molecule has 4 rings (SSSR count). The zero-order chi connectivity index (χ0) is 22.5. The topological polar surface area (TPSA) is 51.3 Å². The summed E-state index contributed by atoms with van der Waals surface area (Å²) in [5.74, 6) is 1.71. The molecule has 0 bridgehead atoms. The second-order valence-electron chi connectivity index (χ2n) is 7.91. The summed E-state index contributed by atoms with van der Waals surface area (Å²) in [4.78, 5) is 20.6. The van der Waals surface area contributed by atoms with Crippen molar-refractivity contribution in [1.29, 1.82) is 0 Å². The highest BCUT2D eigenvalue weighted by atomic mass is 32.2. The normalized spacial score (nSPS) is 11.0. The first-order chi connectivity index (χ1) is 15.5. The lowest BCUT2D eigenvalue weighted by Gasteiger charge is -2.22. The van der Waals surface area contributed by atoms with Crippen LogP contribution in [0.1, 0.15) is 38.7 Å². The van der Waals surface area contributed by atoms with Crippen molar-refractivity contribution < 1.29 is 9.21 Å². The van der Waals surface area contributed by atoms with Crippen molar-refractivity contribution in [3.05, 3.63) is 107 Å². The van der Waals surface area contributed by atoms with Gasteiger partial charge in [-0.2, -0.15) is 0 Å². The Labute approximate surface area is 193 Å². The quantitative estimate of drug-likeness (QED) is 0.323. The van der Waals surface area contributed by atoms with E-state index >= 15 is 0 Å². The zero-order valence-electron chi connectivity index (χ0n) is 18.6. The molecule has 3 heterocycles. The van der Waals surface area contributed by atoms with Gasteiger partial charge in [-0.05, 0) is 60.9 Å². The van der Waals surface area contributed by atoms with Crippen LogP contribution in [0.15, 0.2) is 82.5 Å². The van der Waals surface area contributed by atoms with Crippen molar-refractivity contribution in [2.75, 3.05) is 0 Å². The molecule has 1 amide bonds. The number of benzene rings is 1. The SMILES string of the molecule is Cc1cccc(C)c1SCc1ccc(C(=O)N(Cc2cccnc2)Cc2cccn2C)o1. The molecule has 6 heteroatoms. The molecule has 0 fully saturated rings. The van der Waals surface area contributed by atoms with E-state index in [0.29, 0.717) is 24.6 Å². The number of rotatable bonds is 8. The molecule has 0 atom stereocenters. The summed E-state index contributed by atoms with van der Waals surface area (Å²) in [6, 6.07) is 17.9. The molecular formula is C26H27N3O2S. The van der Waals surface area contributed by atoms with Gasteiger partial charge in [0, 0.05) is 42.8 Å². The number of thioether (sulfide) groups is 1. The minimum Gasteiger partial charge on any atom is -0.455 e. The van der Waals surface area contributed by atoms with Crippen LogP contribution in [0.3, 0.4) is 0 Å². The molecule has 3 aromatic heterocycles. The van der Waals surface area contributed by atoms with E-state index < -0.39 is 0 Å². The summed E-state index contributed by atoms with van der Waals surface area (Å²) in [6.07, 6.45) is 5.51. The van der Waals surface area contributed by atoms with Gasteiger partial charge < -0.3 is 13.9 Å². The van der Waals surface area contributed by atoms with Gasteiger partial charge >= 0.3 is 0 Å². The average molecular weight is 446 g/mol. The Morgan fingerprint density at radius 3 is 2.53 bits per heavy atom. The summed E-state index contributed by atoms with van der Waals surface area (Å²) in [5.41, 5.74) is 4.54. The molecule has 0 saturated heterocycles. The van der Waals surface area contributed by atoms with Crippen LogP contribution in [-0.2, 0) is 25.9 Å². The van der Waals surface area contributed by atoms with E-state index in [0.717, 1.165) is 17.0 Å². The van der Waals surface area contributed by atoms with Crippen LogP contribution in [0, 0.1) is 13.8 Å². The van der Waals surface area contributed by atoms with E-state index in [-0.39, 0.29) is 5.91 Å². The summed E-state index contributed by atoms with van der Waals surface area (Å²) >= 11 is 1.74. The van der Waals surface area contributed by atoms with E-state index in [9.17, 15) is 4.79 Å². The van der Waals surface area contributed by atoms with Gasteiger partial charge in [-0.3, -0.25) is 9.78 Å². The molecule has 0 spiro atoms. The number of carbonyl (C=O) groups excluding carboxylic acids is 1. The third kappa shape index (κ3) is 5.14. The van der Waals surface area contributed by atoms with Crippen LogP contribution in [0.4, 0.5) is 0 Å². The molecule has 0 N–H and O–H groups in total. The molecule has 1 aromatic carbocycles. The number of furan rings is 1. The van der Waals surface area contributed by atoms with Gasteiger partial charge in [0.25, 0.3) is 5.91 Å². The number of aryl methyl sites for hydroxylation is 3. The van der Waals surface area contributed by atoms with Gasteiger partial charge in [-0.15, -0.1) is 11.8 Å². The number of pyridine rings is 1. The molecule has 0 aliphatic rings. The minimum absolute atomic E-state index is 0.127. The number of nitrogens with zero attached hydrogens (tertiary/aromatic N) is 3. The highest BCUT2D eigenvalue weighted by Crippen LogP contribution is 2.30. The van der Waals surface area contributed by atoms with Crippen LogP contribution in [-0.4, -0.2) is 20.4 Å². The molecule has 164 valence electrons. The predicted molar refractivity (Wildman–Crippen MR) is 127 cm³/mol. The number of hydrogen-bond donors (Lipinski definition) is 0. The van der Waals surface area contributed by atoms with Crippen LogP contribution in [0.5, 0.6) is 0 Å². The number of amides is 1. The van der Waals surface area contributed by atoms with Crippen LogP contribution < -0.4 is 0 Å². The Hall–Kier alpha value is -3.25. The summed E-state index contributed by atoms with van der Waals surface area (Å²) in [6.45, 7) is 5.19. The Morgan fingerprint density at radius 1 is 1.03 bits per heavy atom. The zero-order valence-corrected chi connectivity index (χ0v) is 19.4. The fraction of sp³-hybridized carbons (Fsp3) is 0.231. The van der Waals surface area contributed by atoms with E-state index in [1.54, 1.807) is 35.1 Å². The lowest BCUT2D eigenvalue weighted by molar-refractivity contribution is 0.0692. The van der Waals surface area contributed by atoms with Crippen molar-refractivity contribution >= 4 is 17.7 Å². The Morgan fingerprint density at radius 2 is 1.84 bits per heavy atom. The fourth-order valence-electron chi connectivity index (χ4n) is 3.66. The largest absolute Gasteiger partial charge is 0.455 e. The maximum absolute atomic E-state index is 13.4. The molecular weight excluding hydrogens is 418 g/mol. The molecule has 5 nitrogen and oxygen atoms in total. The van der Waals surface area contributed by atoms with Crippen molar-refractivity contribution in [2.24, 2.45) is 7.05 Å². The van der Waals surface area contributed by atoms with Crippen molar-refractivity contribution in [1.82, 2.24) is 14.5 Å². The molecule has 0 aliphatic heterocycles. The Balaban J connectivity index is 1.50. The second-order valence-corrected chi connectivity index (χ2v) is 8.89. The first-order valence-corrected chi connectivity index (χ1v) is 11.6. The van der Waals surface area contributed by atoms with Gasteiger partial charge in [0.1, 0.15) is 5.76 Å².